The fourth-order valence-corrected chi connectivity index (χ4v) is 7.42. The van der Waals surface area contributed by atoms with Gasteiger partial charge < -0.3 is 4.98 Å². The van der Waals surface area contributed by atoms with Crippen LogP contribution in [-0.4, -0.2) is 32.7 Å². The largest absolute Gasteiger partial charge is 0.341 e. The Hall–Kier alpha value is -3.76. The van der Waals surface area contributed by atoms with E-state index >= 15 is 0 Å². The lowest BCUT2D eigenvalue weighted by Crippen LogP contribution is -2.31. The number of benzene rings is 3. The van der Waals surface area contributed by atoms with Crippen LogP contribution in [0.4, 0.5) is 0 Å². The SMILES string of the molecule is Cc1ccc(S(=O)(=O)N[C@@H](Cc2ccc(C3CC(=O)NS3(=O)=O)c(C#N)c2)c2nc3ccccc3[nH]2)cc1Cl. The molecule has 13 heteroatoms. The minimum atomic E-state index is -4.05. The zero-order valence-electron chi connectivity index (χ0n) is 20.5. The van der Waals surface area contributed by atoms with Crippen molar-refractivity contribution in [2.45, 2.75) is 36.0 Å². The molecular formula is C26H22ClN5O5S2. The predicted molar refractivity (Wildman–Crippen MR) is 145 cm³/mol. The lowest BCUT2D eigenvalue weighted by molar-refractivity contribution is -0.118. The van der Waals surface area contributed by atoms with Crippen LogP contribution < -0.4 is 9.44 Å². The first-order valence-corrected chi connectivity index (χ1v) is 15.2. The Bertz CT molecular complexity index is 1850. The van der Waals surface area contributed by atoms with Crippen molar-refractivity contribution in [1.82, 2.24) is 19.4 Å². The van der Waals surface area contributed by atoms with Crippen LogP contribution in [-0.2, 0) is 31.3 Å². The van der Waals surface area contributed by atoms with Gasteiger partial charge >= 0.3 is 0 Å². The standard InChI is InChI=1S/C26H22ClN5O5S2/c1-15-6-8-18(12-20(15)27)38(34,35)31-23(26-29-21-4-2-3-5-22(21)30-26)11-16-7-9-19(17(10-16)14-28)24-13-25(33)32-39(24,36)37/h2-10,12,23-24,31H,11,13H2,1H3,(H,29,30)(H,32,33)/t23-,24?/m0/s1. The van der Waals surface area contributed by atoms with E-state index in [-0.39, 0.29) is 28.9 Å². The third kappa shape index (κ3) is 5.39. The molecule has 4 aromatic rings. The molecule has 0 aliphatic carbocycles. The second-order valence-corrected chi connectivity index (χ2v) is 13.2. The van der Waals surface area contributed by atoms with E-state index < -0.39 is 37.2 Å². The maximum absolute atomic E-state index is 13.4. The van der Waals surface area contributed by atoms with Gasteiger partial charge in [-0.3, -0.25) is 9.52 Å². The summed E-state index contributed by atoms with van der Waals surface area (Å²) in [7, 11) is -7.99. The fourth-order valence-electron chi connectivity index (χ4n) is 4.50. The van der Waals surface area contributed by atoms with E-state index in [2.05, 4.69) is 14.7 Å². The first kappa shape index (κ1) is 26.8. The summed E-state index contributed by atoms with van der Waals surface area (Å²) < 4.78 is 56.1. The quantitative estimate of drug-likeness (QED) is 0.299. The number of para-hydroxylation sites is 2. The van der Waals surface area contributed by atoms with Gasteiger partial charge in [0.05, 0.1) is 40.0 Å². The molecule has 1 amide bonds. The maximum Gasteiger partial charge on any atom is 0.242 e. The van der Waals surface area contributed by atoms with E-state index in [1.807, 2.05) is 29.0 Å². The van der Waals surface area contributed by atoms with E-state index in [0.717, 1.165) is 5.56 Å². The Labute approximate surface area is 230 Å². The molecule has 0 radical (unpaired) electrons. The number of imidazole rings is 1. The molecule has 2 atom stereocenters. The number of sulfonamides is 2. The van der Waals surface area contributed by atoms with E-state index in [0.29, 0.717) is 27.4 Å². The normalized spacial score (nSPS) is 17.6. The van der Waals surface area contributed by atoms with Gasteiger partial charge in [-0.1, -0.05) is 41.9 Å². The van der Waals surface area contributed by atoms with Crippen LogP contribution in [0.1, 0.15) is 45.8 Å². The first-order valence-electron chi connectivity index (χ1n) is 11.8. The minimum Gasteiger partial charge on any atom is -0.341 e. The Balaban J connectivity index is 1.53. The highest BCUT2D eigenvalue weighted by Crippen LogP contribution is 2.33. The number of amides is 1. The number of hydrogen-bond acceptors (Lipinski definition) is 7. The number of nitriles is 1. The molecule has 3 N–H and O–H groups in total. The van der Waals surface area contributed by atoms with Gasteiger partial charge in [-0.05, 0) is 60.4 Å². The summed E-state index contributed by atoms with van der Waals surface area (Å²) >= 11 is 6.18. The highest BCUT2D eigenvalue weighted by Gasteiger charge is 2.39. The van der Waals surface area contributed by atoms with Gasteiger partial charge in [0.15, 0.2) is 0 Å². The molecular weight excluding hydrogens is 562 g/mol. The summed E-state index contributed by atoms with van der Waals surface area (Å²) in [5.74, 6) is -0.280. The zero-order valence-corrected chi connectivity index (χ0v) is 22.9. The molecule has 3 aromatic carbocycles. The molecule has 10 nitrogen and oxygen atoms in total. The summed E-state index contributed by atoms with van der Waals surface area (Å²) in [6.45, 7) is 1.77. The first-order chi connectivity index (χ1) is 18.5. The van der Waals surface area contributed by atoms with Crippen LogP contribution in [0.25, 0.3) is 11.0 Å². The van der Waals surface area contributed by atoms with Crippen LogP contribution in [0.3, 0.4) is 0 Å². The van der Waals surface area contributed by atoms with Crippen LogP contribution in [0.2, 0.25) is 5.02 Å². The van der Waals surface area contributed by atoms with Crippen molar-refractivity contribution in [3.05, 3.63) is 93.8 Å². The number of carbonyl (C=O) groups excluding carboxylic acids is 1. The Morgan fingerprint density at radius 1 is 1.18 bits per heavy atom. The minimum absolute atomic E-state index is 0.0177. The topological polar surface area (TPSA) is 162 Å². The van der Waals surface area contributed by atoms with Crippen molar-refractivity contribution >= 4 is 48.6 Å². The molecule has 2 heterocycles. The number of fused-ring (bicyclic) bond motifs is 1. The monoisotopic (exact) mass is 583 g/mol. The summed E-state index contributed by atoms with van der Waals surface area (Å²) in [6.07, 6.45) is -0.195. The number of nitrogens with one attached hydrogen (secondary N) is 3. The van der Waals surface area contributed by atoms with Gasteiger partial charge in [-0.15, -0.1) is 0 Å². The predicted octanol–water partition coefficient (Wildman–Crippen LogP) is 3.55. The number of nitrogens with zero attached hydrogens (tertiary/aromatic N) is 2. The van der Waals surface area contributed by atoms with Gasteiger partial charge in [0.25, 0.3) is 0 Å². The number of hydrogen-bond donors (Lipinski definition) is 3. The van der Waals surface area contributed by atoms with Gasteiger partial charge in [-0.2, -0.15) is 5.26 Å². The third-order valence-corrected chi connectivity index (χ3v) is 10.1. The fraction of sp³-hybridized carbons (Fsp3) is 0.192. The van der Waals surface area contributed by atoms with Crippen LogP contribution in [0.15, 0.2) is 65.6 Å². The number of aromatic nitrogens is 2. The van der Waals surface area contributed by atoms with Gasteiger partial charge in [-0.25, -0.2) is 26.5 Å². The maximum atomic E-state index is 13.4. The molecule has 0 saturated carbocycles. The molecule has 0 spiro atoms. The van der Waals surface area contributed by atoms with Crippen molar-refractivity contribution in [2.75, 3.05) is 0 Å². The average Bonchev–Trinajstić information content (AvgIpc) is 3.44. The number of carbonyl (C=O) groups is 1. The van der Waals surface area contributed by atoms with Crippen molar-refractivity contribution < 1.29 is 21.6 Å². The molecule has 200 valence electrons. The molecule has 0 bridgehead atoms. The third-order valence-electron chi connectivity index (χ3n) is 6.52. The van der Waals surface area contributed by atoms with Crippen LogP contribution in [0.5, 0.6) is 0 Å². The van der Waals surface area contributed by atoms with E-state index in [1.54, 1.807) is 25.1 Å². The number of rotatable bonds is 7. The van der Waals surface area contributed by atoms with Crippen molar-refractivity contribution in [3.8, 4) is 6.07 Å². The van der Waals surface area contributed by atoms with Crippen molar-refractivity contribution in [1.29, 1.82) is 5.26 Å². The van der Waals surface area contributed by atoms with Crippen molar-refractivity contribution in [3.63, 3.8) is 0 Å². The Kier molecular flexibility index (Phi) is 6.94. The highest BCUT2D eigenvalue weighted by molar-refractivity contribution is 7.90. The number of H-pyrrole nitrogens is 1. The molecule has 1 saturated heterocycles. The van der Waals surface area contributed by atoms with Gasteiger partial charge in [0, 0.05) is 5.02 Å². The van der Waals surface area contributed by atoms with Gasteiger partial charge in [0.2, 0.25) is 26.0 Å². The Morgan fingerprint density at radius 2 is 1.95 bits per heavy atom. The smallest absolute Gasteiger partial charge is 0.242 e. The lowest BCUT2D eigenvalue weighted by atomic mass is 9.97. The summed E-state index contributed by atoms with van der Waals surface area (Å²) in [4.78, 5) is 19.4. The highest BCUT2D eigenvalue weighted by atomic mass is 35.5. The number of aromatic amines is 1. The van der Waals surface area contributed by atoms with Crippen LogP contribution >= 0.6 is 11.6 Å². The van der Waals surface area contributed by atoms with E-state index in [9.17, 15) is 26.9 Å². The molecule has 1 aliphatic heterocycles. The molecule has 1 unspecified atom stereocenters. The zero-order chi connectivity index (χ0) is 27.9. The van der Waals surface area contributed by atoms with Crippen molar-refractivity contribution in [2.24, 2.45) is 0 Å². The summed E-state index contributed by atoms with van der Waals surface area (Å²) in [5, 5.41) is 8.91. The number of halogens is 1. The van der Waals surface area contributed by atoms with E-state index in [1.165, 1.54) is 24.3 Å². The molecule has 1 aliphatic rings. The lowest BCUT2D eigenvalue weighted by Gasteiger charge is -2.18. The van der Waals surface area contributed by atoms with E-state index in [4.69, 9.17) is 11.6 Å². The van der Waals surface area contributed by atoms with Crippen LogP contribution in [0, 0.1) is 18.3 Å². The van der Waals surface area contributed by atoms with Gasteiger partial charge in [0.1, 0.15) is 11.1 Å². The molecule has 39 heavy (non-hydrogen) atoms. The second-order valence-electron chi connectivity index (χ2n) is 9.22. The summed E-state index contributed by atoms with van der Waals surface area (Å²) in [5.41, 5.74) is 2.93. The number of aryl methyl sites for hydroxylation is 1. The average molecular weight is 584 g/mol. The second kappa shape index (κ2) is 10.1. The molecule has 1 fully saturated rings. The molecule has 5 rings (SSSR count). The molecule has 1 aromatic heterocycles. The summed E-state index contributed by atoms with van der Waals surface area (Å²) in [6, 6.07) is 17.4. The Morgan fingerprint density at radius 3 is 2.62 bits per heavy atom.